The molecule has 0 aliphatic rings. The molecule has 1 unspecified atom stereocenters. The van der Waals surface area contributed by atoms with Gasteiger partial charge < -0.3 is 11.1 Å². The van der Waals surface area contributed by atoms with Crippen molar-refractivity contribution in [3.8, 4) is 0 Å². The van der Waals surface area contributed by atoms with Crippen LogP contribution < -0.4 is 11.1 Å². The van der Waals surface area contributed by atoms with Crippen molar-refractivity contribution in [2.45, 2.75) is 13.0 Å². The molecule has 3 N–H and O–H groups in total. The van der Waals surface area contributed by atoms with Gasteiger partial charge in [-0.2, -0.15) is 11.8 Å². The number of nitrogens with two attached hydrogens (primary N) is 1. The number of halogens is 1. The SMILES string of the molecule is CSCCNc1nc2c(Cl)cccc2cc1C(C)N. The fourth-order valence-corrected chi connectivity index (χ4v) is 2.47. The Balaban J connectivity index is 2.46. The van der Waals surface area contributed by atoms with Gasteiger partial charge in [-0.25, -0.2) is 4.98 Å². The molecule has 1 atom stereocenters. The lowest BCUT2D eigenvalue weighted by Crippen LogP contribution is -2.13. The average Bonchev–Trinajstić information content (AvgIpc) is 2.39. The molecule has 0 aliphatic heterocycles. The number of pyridine rings is 1. The number of nitrogens with one attached hydrogen (secondary N) is 1. The van der Waals surface area contributed by atoms with Gasteiger partial charge in [0.1, 0.15) is 5.82 Å². The van der Waals surface area contributed by atoms with Gasteiger partial charge in [0.05, 0.1) is 10.5 Å². The van der Waals surface area contributed by atoms with Crippen molar-refractivity contribution >= 4 is 40.1 Å². The Morgan fingerprint density at radius 2 is 2.26 bits per heavy atom. The lowest BCUT2D eigenvalue weighted by Gasteiger charge is -2.15. The molecule has 0 saturated carbocycles. The zero-order valence-corrected chi connectivity index (χ0v) is 12.7. The van der Waals surface area contributed by atoms with E-state index in [0.717, 1.165) is 34.6 Å². The third-order valence-electron chi connectivity index (χ3n) is 2.92. The summed E-state index contributed by atoms with van der Waals surface area (Å²) in [6, 6.07) is 7.80. The van der Waals surface area contributed by atoms with E-state index in [1.165, 1.54) is 0 Å². The molecule has 0 amide bonds. The monoisotopic (exact) mass is 295 g/mol. The molecule has 2 rings (SSSR count). The smallest absolute Gasteiger partial charge is 0.131 e. The number of hydrogen-bond acceptors (Lipinski definition) is 4. The second kappa shape index (κ2) is 6.46. The number of aromatic nitrogens is 1. The number of nitrogens with zero attached hydrogens (tertiary/aromatic N) is 1. The Kier molecular flexibility index (Phi) is 4.91. The minimum atomic E-state index is -0.0624. The minimum Gasteiger partial charge on any atom is -0.369 e. The quantitative estimate of drug-likeness (QED) is 0.826. The van der Waals surface area contributed by atoms with Crippen LogP contribution in [-0.4, -0.2) is 23.5 Å². The lowest BCUT2D eigenvalue weighted by atomic mass is 10.1. The average molecular weight is 296 g/mol. The number of thioether (sulfide) groups is 1. The molecule has 0 fully saturated rings. The second-order valence-electron chi connectivity index (χ2n) is 4.45. The first kappa shape index (κ1) is 14.4. The van der Waals surface area contributed by atoms with Crippen LogP contribution in [0.1, 0.15) is 18.5 Å². The van der Waals surface area contributed by atoms with Crippen LogP contribution in [0.5, 0.6) is 0 Å². The molecule has 2 aromatic rings. The Hall–Kier alpha value is -0.970. The van der Waals surface area contributed by atoms with Gasteiger partial charge in [-0.15, -0.1) is 0 Å². The largest absolute Gasteiger partial charge is 0.369 e. The predicted molar refractivity (Wildman–Crippen MR) is 86.2 cm³/mol. The number of anilines is 1. The topological polar surface area (TPSA) is 50.9 Å². The van der Waals surface area contributed by atoms with E-state index < -0.39 is 0 Å². The van der Waals surface area contributed by atoms with Crippen molar-refractivity contribution in [1.82, 2.24) is 4.98 Å². The number of fused-ring (bicyclic) bond motifs is 1. The van der Waals surface area contributed by atoms with Crippen LogP contribution in [0.4, 0.5) is 5.82 Å². The van der Waals surface area contributed by atoms with Crippen molar-refractivity contribution < 1.29 is 0 Å². The molecule has 19 heavy (non-hydrogen) atoms. The van der Waals surface area contributed by atoms with E-state index in [0.29, 0.717) is 5.02 Å². The standard InChI is InChI=1S/C14H18ClN3S/c1-9(16)11-8-10-4-3-5-12(15)13(10)18-14(11)17-6-7-19-2/h3-5,8-9H,6-7,16H2,1-2H3,(H,17,18). The Morgan fingerprint density at radius 3 is 2.95 bits per heavy atom. The maximum atomic E-state index is 6.20. The number of rotatable bonds is 5. The molecule has 0 spiro atoms. The van der Waals surface area contributed by atoms with Crippen LogP contribution in [0, 0.1) is 0 Å². The molecule has 1 aromatic carbocycles. The van der Waals surface area contributed by atoms with E-state index in [1.807, 2.05) is 25.1 Å². The molecule has 102 valence electrons. The van der Waals surface area contributed by atoms with Crippen LogP contribution >= 0.6 is 23.4 Å². The third kappa shape index (κ3) is 3.32. The summed E-state index contributed by atoms with van der Waals surface area (Å²) in [7, 11) is 0. The maximum absolute atomic E-state index is 6.20. The summed E-state index contributed by atoms with van der Waals surface area (Å²) in [6.07, 6.45) is 2.08. The zero-order chi connectivity index (χ0) is 13.8. The van der Waals surface area contributed by atoms with Gasteiger partial charge in [0.25, 0.3) is 0 Å². The molecule has 0 radical (unpaired) electrons. The summed E-state index contributed by atoms with van der Waals surface area (Å²) >= 11 is 7.99. The van der Waals surface area contributed by atoms with Crippen molar-refractivity contribution in [3.63, 3.8) is 0 Å². The van der Waals surface area contributed by atoms with Crippen LogP contribution in [0.15, 0.2) is 24.3 Å². The highest BCUT2D eigenvalue weighted by molar-refractivity contribution is 7.98. The van der Waals surface area contributed by atoms with Crippen LogP contribution in [0.25, 0.3) is 10.9 Å². The van der Waals surface area contributed by atoms with E-state index in [4.69, 9.17) is 17.3 Å². The van der Waals surface area contributed by atoms with Gasteiger partial charge in [0.15, 0.2) is 0 Å². The first-order valence-corrected chi connectivity index (χ1v) is 7.98. The molecule has 1 aromatic heterocycles. The predicted octanol–water partition coefficient (Wildman–Crippen LogP) is 3.68. The highest BCUT2D eigenvalue weighted by atomic mass is 35.5. The summed E-state index contributed by atoms with van der Waals surface area (Å²) in [5.74, 6) is 1.87. The van der Waals surface area contributed by atoms with Crippen molar-refractivity contribution in [2.75, 3.05) is 23.9 Å². The highest BCUT2D eigenvalue weighted by Gasteiger charge is 2.11. The lowest BCUT2D eigenvalue weighted by molar-refractivity contribution is 0.815. The van der Waals surface area contributed by atoms with E-state index in [1.54, 1.807) is 11.8 Å². The summed E-state index contributed by atoms with van der Waals surface area (Å²) in [4.78, 5) is 4.64. The van der Waals surface area contributed by atoms with Crippen molar-refractivity contribution in [2.24, 2.45) is 5.73 Å². The molecule has 1 heterocycles. The minimum absolute atomic E-state index is 0.0624. The summed E-state index contributed by atoms with van der Waals surface area (Å²) in [5.41, 5.74) is 7.87. The molecule has 3 nitrogen and oxygen atoms in total. The van der Waals surface area contributed by atoms with E-state index in [-0.39, 0.29) is 6.04 Å². The molecular formula is C14H18ClN3S. The molecule has 0 saturated heterocycles. The molecule has 0 bridgehead atoms. The zero-order valence-electron chi connectivity index (χ0n) is 11.1. The number of para-hydroxylation sites is 1. The summed E-state index contributed by atoms with van der Waals surface area (Å²) in [6.45, 7) is 2.83. The van der Waals surface area contributed by atoms with E-state index in [2.05, 4.69) is 22.6 Å². The van der Waals surface area contributed by atoms with Crippen LogP contribution in [0.2, 0.25) is 5.02 Å². The Bertz CT molecular complexity index is 572. The molecule has 5 heteroatoms. The van der Waals surface area contributed by atoms with Crippen LogP contribution in [0.3, 0.4) is 0 Å². The van der Waals surface area contributed by atoms with Gasteiger partial charge in [-0.1, -0.05) is 23.7 Å². The normalized spacial score (nSPS) is 12.6. The second-order valence-corrected chi connectivity index (χ2v) is 5.84. The first-order chi connectivity index (χ1) is 9.13. The number of benzene rings is 1. The van der Waals surface area contributed by atoms with Gasteiger partial charge in [0, 0.05) is 29.3 Å². The number of hydrogen-bond donors (Lipinski definition) is 2. The third-order valence-corrected chi connectivity index (χ3v) is 3.83. The van der Waals surface area contributed by atoms with Crippen molar-refractivity contribution in [3.05, 3.63) is 34.9 Å². The van der Waals surface area contributed by atoms with Gasteiger partial charge in [-0.05, 0) is 25.3 Å². The highest BCUT2D eigenvalue weighted by Crippen LogP contribution is 2.28. The Morgan fingerprint density at radius 1 is 1.47 bits per heavy atom. The summed E-state index contributed by atoms with van der Waals surface area (Å²) < 4.78 is 0. The van der Waals surface area contributed by atoms with Crippen LogP contribution in [-0.2, 0) is 0 Å². The van der Waals surface area contributed by atoms with E-state index >= 15 is 0 Å². The molecular weight excluding hydrogens is 278 g/mol. The molecule has 0 aliphatic carbocycles. The van der Waals surface area contributed by atoms with Gasteiger partial charge in [-0.3, -0.25) is 0 Å². The van der Waals surface area contributed by atoms with Gasteiger partial charge >= 0.3 is 0 Å². The fraction of sp³-hybridized carbons (Fsp3) is 0.357. The fourth-order valence-electron chi connectivity index (χ4n) is 1.94. The summed E-state index contributed by atoms with van der Waals surface area (Å²) in [5, 5.41) is 5.04. The maximum Gasteiger partial charge on any atom is 0.131 e. The van der Waals surface area contributed by atoms with Crippen molar-refractivity contribution in [1.29, 1.82) is 0 Å². The first-order valence-electron chi connectivity index (χ1n) is 6.21. The Labute approximate surface area is 122 Å². The van der Waals surface area contributed by atoms with E-state index in [9.17, 15) is 0 Å². The van der Waals surface area contributed by atoms with Gasteiger partial charge in [0.2, 0.25) is 0 Å².